The van der Waals surface area contributed by atoms with Crippen LogP contribution in [0, 0.1) is 0 Å². The minimum Gasteiger partial charge on any atom is -0.497 e. The number of carbonyl (C=O) groups excluding carboxylic acids is 1. The van der Waals surface area contributed by atoms with E-state index in [2.05, 4.69) is 5.10 Å². The molecule has 6 heteroatoms. The first-order chi connectivity index (χ1) is 13.6. The molecule has 1 N–H and O–H groups in total. The molecular weight excluding hydrogens is 354 g/mol. The molecule has 0 spiro atoms. The first-order valence-corrected chi connectivity index (χ1v) is 9.29. The highest BCUT2D eigenvalue weighted by Crippen LogP contribution is 2.27. The highest BCUT2D eigenvalue weighted by atomic mass is 16.5. The molecule has 0 saturated carbocycles. The van der Waals surface area contributed by atoms with E-state index in [0.717, 1.165) is 34.6 Å². The molecular formula is C22H23N3O3. The third kappa shape index (κ3) is 3.27. The molecule has 4 rings (SSSR count). The summed E-state index contributed by atoms with van der Waals surface area (Å²) in [5, 5.41) is 13.9. The third-order valence-corrected chi connectivity index (χ3v) is 5.28. The largest absolute Gasteiger partial charge is 0.497 e. The van der Waals surface area contributed by atoms with Gasteiger partial charge in [0, 0.05) is 43.4 Å². The zero-order chi connectivity index (χ0) is 19.7. The minimum absolute atomic E-state index is 0.0110. The Morgan fingerprint density at radius 1 is 1.18 bits per heavy atom. The van der Waals surface area contributed by atoms with Gasteiger partial charge in [0.25, 0.3) is 5.91 Å². The number of aromatic nitrogens is 2. The first kappa shape index (κ1) is 18.3. The van der Waals surface area contributed by atoms with E-state index in [1.54, 1.807) is 7.11 Å². The fraction of sp³-hybridized carbons (Fsp3) is 0.273. The zero-order valence-corrected chi connectivity index (χ0v) is 16.1. The number of ether oxygens (including phenoxy) is 1. The smallest absolute Gasteiger partial charge is 0.254 e. The molecule has 1 amide bonds. The Morgan fingerprint density at radius 2 is 1.93 bits per heavy atom. The van der Waals surface area contributed by atoms with Crippen molar-refractivity contribution in [1.29, 1.82) is 0 Å². The Labute approximate surface area is 164 Å². The second-order valence-electron chi connectivity index (χ2n) is 6.94. The molecule has 1 aliphatic heterocycles. The molecule has 0 atom stereocenters. The second kappa shape index (κ2) is 7.48. The number of methoxy groups -OCH3 is 1. The van der Waals surface area contributed by atoms with Crippen molar-refractivity contribution in [1.82, 2.24) is 14.7 Å². The van der Waals surface area contributed by atoms with Gasteiger partial charge < -0.3 is 14.7 Å². The summed E-state index contributed by atoms with van der Waals surface area (Å²) in [6.07, 6.45) is 0.736. The van der Waals surface area contributed by atoms with Gasteiger partial charge in [-0.15, -0.1) is 0 Å². The standard InChI is InChI=1S/C22H23N3O3/c1-24-21-9-10-25(13-19(21)20(14-26)23-24)22(27)17-7-3-5-15(11-17)16-6-4-8-18(12-16)28-2/h3-8,11-12,26H,9-10,13-14H2,1-2H3. The average molecular weight is 377 g/mol. The van der Waals surface area contributed by atoms with Crippen molar-refractivity contribution in [2.45, 2.75) is 19.6 Å². The lowest BCUT2D eigenvalue weighted by molar-refractivity contribution is 0.0732. The average Bonchev–Trinajstić information content (AvgIpc) is 3.08. The van der Waals surface area contributed by atoms with E-state index in [9.17, 15) is 9.90 Å². The molecule has 0 saturated heterocycles. The summed E-state index contributed by atoms with van der Waals surface area (Å²) in [4.78, 5) is 15.0. The van der Waals surface area contributed by atoms with Gasteiger partial charge in [-0.2, -0.15) is 5.10 Å². The quantitative estimate of drug-likeness (QED) is 0.759. The van der Waals surface area contributed by atoms with Crippen molar-refractivity contribution in [3.8, 4) is 16.9 Å². The lowest BCUT2D eigenvalue weighted by atomic mass is 10.0. The molecule has 144 valence electrons. The van der Waals surface area contributed by atoms with E-state index in [4.69, 9.17) is 4.74 Å². The van der Waals surface area contributed by atoms with Gasteiger partial charge in [-0.25, -0.2) is 0 Å². The molecule has 2 aromatic carbocycles. The maximum atomic E-state index is 13.1. The van der Waals surface area contributed by atoms with Gasteiger partial charge in [-0.3, -0.25) is 9.48 Å². The van der Waals surface area contributed by atoms with Crippen molar-refractivity contribution in [2.75, 3.05) is 13.7 Å². The highest BCUT2D eigenvalue weighted by Gasteiger charge is 2.27. The molecule has 1 aromatic heterocycles. The third-order valence-electron chi connectivity index (χ3n) is 5.28. The minimum atomic E-state index is -0.115. The molecule has 0 radical (unpaired) electrons. The normalized spacial score (nSPS) is 13.3. The van der Waals surface area contributed by atoms with Crippen LogP contribution in [-0.4, -0.2) is 39.3 Å². The number of hydrogen-bond acceptors (Lipinski definition) is 4. The number of nitrogens with zero attached hydrogens (tertiary/aromatic N) is 3. The second-order valence-corrected chi connectivity index (χ2v) is 6.94. The van der Waals surface area contributed by atoms with E-state index < -0.39 is 0 Å². The van der Waals surface area contributed by atoms with Crippen LogP contribution in [0.5, 0.6) is 5.75 Å². The summed E-state index contributed by atoms with van der Waals surface area (Å²) in [5.74, 6) is 0.772. The first-order valence-electron chi connectivity index (χ1n) is 9.29. The monoisotopic (exact) mass is 377 g/mol. The van der Waals surface area contributed by atoms with Crippen LogP contribution in [0.1, 0.15) is 27.3 Å². The van der Waals surface area contributed by atoms with Crippen LogP contribution >= 0.6 is 0 Å². The summed E-state index contributed by atoms with van der Waals surface area (Å²) in [5.41, 5.74) is 5.34. The summed E-state index contributed by atoms with van der Waals surface area (Å²) >= 11 is 0. The fourth-order valence-electron chi connectivity index (χ4n) is 3.79. The van der Waals surface area contributed by atoms with Crippen LogP contribution in [0.15, 0.2) is 48.5 Å². The van der Waals surface area contributed by atoms with Gasteiger partial charge in [0.15, 0.2) is 0 Å². The lowest BCUT2D eigenvalue weighted by Crippen LogP contribution is -2.36. The molecule has 0 fully saturated rings. The Bertz CT molecular complexity index is 1030. The molecule has 28 heavy (non-hydrogen) atoms. The topological polar surface area (TPSA) is 67.6 Å². The number of aliphatic hydroxyl groups is 1. The van der Waals surface area contributed by atoms with E-state index >= 15 is 0 Å². The van der Waals surface area contributed by atoms with E-state index in [1.165, 1.54) is 0 Å². The number of benzene rings is 2. The molecule has 1 aliphatic rings. The van der Waals surface area contributed by atoms with Gasteiger partial charge >= 0.3 is 0 Å². The number of rotatable bonds is 4. The predicted molar refractivity (Wildman–Crippen MR) is 106 cm³/mol. The molecule has 6 nitrogen and oxygen atoms in total. The Kier molecular flexibility index (Phi) is 4.88. The summed E-state index contributed by atoms with van der Waals surface area (Å²) in [6, 6.07) is 15.5. The van der Waals surface area contributed by atoms with Gasteiger partial charge in [0.05, 0.1) is 19.4 Å². The molecule has 2 heterocycles. The van der Waals surface area contributed by atoms with E-state index in [1.807, 2.05) is 65.2 Å². The van der Waals surface area contributed by atoms with Crippen LogP contribution in [0.3, 0.4) is 0 Å². The number of hydrogen-bond donors (Lipinski definition) is 1. The van der Waals surface area contributed by atoms with E-state index in [0.29, 0.717) is 24.3 Å². The van der Waals surface area contributed by atoms with Crippen molar-refractivity contribution in [3.63, 3.8) is 0 Å². The van der Waals surface area contributed by atoms with Crippen molar-refractivity contribution < 1.29 is 14.6 Å². The number of fused-ring (bicyclic) bond motifs is 1. The zero-order valence-electron chi connectivity index (χ0n) is 16.1. The van der Waals surface area contributed by atoms with Crippen LogP contribution < -0.4 is 4.74 Å². The fourth-order valence-corrected chi connectivity index (χ4v) is 3.79. The summed E-state index contributed by atoms with van der Waals surface area (Å²) < 4.78 is 7.11. The lowest BCUT2D eigenvalue weighted by Gasteiger charge is -2.28. The van der Waals surface area contributed by atoms with E-state index in [-0.39, 0.29) is 12.5 Å². The van der Waals surface area contributed by atoms with Crippen LogP contribution in [0.25, 0.3) is 11.1 Å². The maximum Gasteiger partial charge on any atom is 0.254 e. The van der Waals surface area contributed by atoms with Crippen LogP contribution in [-0.2, 0) is 26.6 Å². The van der Waals surface area contributed by atoms with Gasteiger partial charge in [0.1, 0.15) is 5.75 Å². The van der Waals surface area contributed by atoms with Crippen molar-refractivity contribution in [2.24, 2.45) is 7.05 Å². The maximum absolute atomic E-state index is 13.1. The Balaban J connectivity index is 1.60. The van der Waals surface area contributed by atoms with Gasteiger partial charge in [-0.1, -0.05) is 24.3 Å². The van der Waals surface area contributed by atoms with Crippen molar-refractivity contribution >= 4 is 5.91 Å². The Morgan fingerprint density at radius 3 is 2.68 bits per heavy atom. The molecule has 0 unspecified atom stereocenters. The number of aryl methyl sites for hydroxylation is 1. The van der Waals surface area contributed by atoms with Crippen LogP contribution in [0.2, 0.25) is 0 Å². The number of aliphatic hydroxyl groups excluding tert-OH is 1. The summed E-state index contributed by atoms with van der Waals surface area (Å²) in [7, 11) is 3.52. The van der Waals surface area contributed by atoms with Crippen LogP contribution in [0.4, 0.5) is 0 Å². The predicted octanol–water partition coefficient (Wildman–Crippen LogP) is 2.79. The highest BCUT2D eigenvalue weighted by molar-refractivity contribution is 5.95. The SMILES string of the molecule is COc1cccc(-c2cccc(C(=O)N3CCc4c(c(CO)nn4C)C3)c2)c1. The van der Waals surface area contributed by atoms with Gasteiger partial charge in [-0.05, 0) is 35.4 Å². The number of carbonyl (C=O) groups is 1. The molecule has 0 aliphatic carbocycles. The Hall–Kier alpha value is -3.12. The molecule has 0 bridgehead atoms. The summed E-state index contributed by atoms with van der Waals surface area (Å²) in [6.45, 7) is 0.997. The molecule has 3 aromatic rings. The van der Waals surface area contributed by atoms with Gasteiger partial charge in [0.2, 0.25) is 0 Å². The van der Waals surface area contributed by atoms with Crippen molar-refractivity contribution in [3.05, 3.63) is 71.0 Å². The number of amides is 1.